The molecule has 0 radical (unpaired) electrons. The van der Waals surface area contributed by atoms with Crippen LogP contribution in [0.25, 0.3) is 0 Å². The molecule has 0 saturated carbocycles. The van der Waals surface area contributed by atoms with Crippen LogP contribution >= 0.6 is 0 Å². The molecule has 1 aromatic heterocycles. The third-order valence-electron chi connectivity index (χ3n) is 3.71. The minimum Gasteiger partial charge on any atom is -0.618 e. The molecule has 1 aliphatic carbocycles. The molecule has 0 spiro atoms. The van der Waals surface area contributed by atoms with Gasteiger partial charge in [0, 0.05) is 18.6 Å². The van der Waals surface area contributed by atoms with Crippen LogP contribution in [0.1, 0.15) is 23.2 Å². The quantitative estimate of drug-likeness (QED) is 0.610. The highest BCUT2D eigenvalue weighted by molar-refractivity contribution is 5.33. The maximum absolute atomic E-state index is 11.8. The third-order valence-corrected chi connectivity index (χ3v) is 3.71. The van der Waals surface area contributed by atoms with Crippen molar-refractivity contribution in [2.45, 2.75) is 24.9 Å². The van der Waals surface area contributed by atoms with E-state index in [4.69, 9.17) is 0 Å². The van der Waals surface area contributed by atoms with Crippen molar-refractivity contribution in [2.75, 3.05) is 0 Å². The topological polar surface area (TPSA) is 47.2 Å². The smallest absolute Gasteiger partial charge is 0.224 e. The summed E-state index contributed by atoms with van der Waals surface area (Å²) in [4.78, 5) is 0. The van der Waals surface area contributed by atoms with Crippen LogP contribution in [0.5, 0.6) is 0 Å². The largest absolute Gasteiger partial charge is 0.618 e. The zero-order valence-corrected chi connectivity index (χ0v) is 10.0. The van der Waals surface area contributed by atoms with Crippen molar-refractivity contribution in [1.29, 1.82) is 0 Å². The lowest BCUT2D eigenvalue weighted by molar-refractivity contribution is -0.623. The summed E-state index contributed by atoms with van der Waals surface area (Å²) in [6.07, 6.45) is 3.35. The lowest BCUT2D eigenvalue weighted by Gasteiger charge is -2.31. The van der Waals surface area contributed by atoms with Crippen molar-refractivity contribution >= 4 is 0 Å². The Morgan fingerprint density at radius 1 is 1.06 bits per heavy atom. The Balaban J connectivity index is 2.02. The Morgan fingerprint density at radius 2 is 1.78 bits per heavy atom. The number of benzene rings is 1. The van der Waals surface area contributed by atoms with E-state index in [-0.39, 0.29) is 0 Å². The van der Waals surface area contributed by atoms with Crippen LogP contribution in [-0.4, -0.2) is 5.11 Å². The number of hydrogen-bond acceptors (Lipinski definition) is 2. The molecule has 1 atom stereocenters. The van der Waals surface area contributed by atoms with Crippen molar-refractivity contribution < 1.29 is 9.84 Å². The van der Waals surface area contributed by atoms with Crippen molar-refractivity contribution in [1.82, 2.24) is 0 Å². The summed E-state index contributed by atoms with van der Waals surface area (Å²) in [6.45, 7) is 0. The number of aryl methyl sites for hydroxylation is 1. The van der Waals surface area contributed by atoms with Crippen molar-refractivity contribution in [3.63, 3.8) is 0 Å². The maximum Gasteiger partial charge on any atom is 0.224 e. The van der Waals surface area contributed by atoms with E-state index in [1.807, 2.05) is 18.2 Å². The van der Waals surface area contributed by atoms with E-state index in [9.17, 15) is 10.3 Å². The Hall–Kier alpha value is -1.87. The average Bonchev–Trinajstić information content (AvgIpc) is 2.39. The number of nitrogens with zero attached hydrogens (tertiary/aromatic N) is 1. The standard InChI is InChI=1S/C15H15NO2/c17-15(14-7-3-4-10-16(14)18)9-8-12-5-1-2-6-13(12)11-15/h1-7,10,17H,8-9,11H2/t15-/m0/s1. The predicted octanol–water partition coefficient (Wildman–Crippen LogP) is 1.70. The number of hydrogen-bond donors (Lipinski definition) is 1. The van der Waals surface area contributed by atoms with E-state index < -0.39 is 5.60 Å². The van der Waals surface area contributed by atoms with Gasteiger partial charge in [0.2, 0.25) is 5.69 Å². The summed E-state index contributed by atoms with van der Waals surface area (Å²) in [5, 5.41) is 22.5. The molecule has 18 heavy (non-hydrogen) atoms. The van der Waals surface area contributed by atoms with Crippen LogP contribution in [-0.2, 0) is 18.4 Å². The number of rotatable bonds is 1. The summed E-state index contributed by atoms with van der Waals surface area (Å²) in [5.74, 6) is 0. The molecule has 1 heterocycles. The maximum atomic E-state index is 11.8. The molecule has 1 aromatic carbocycles. The highest BCUT2D eigenvalue weighted by Gasteiger charge is 2.39. The highest BCUT2D eigenvalue weighted by atomic mass is 16.5. The zero-order chi connectivity index (χ0) is 12.6. The fourth-order valence-corrected chi connectivity index (χ4v) is 2.73. The molecule has 0 aliphatic heterocycles. The van der Waals surface area contributed by atoms with Crippen molar-refractivity contribution in [2.24, 2.45) is 0 Å². The first kappa shape index (κ1) is 11.2. The van der Waals surface area contributed by atoms with Gasteiger partial charge in [-0.15, -0.1) is 0 Å². The lowest BCUT2D eigenvalue weighted by Crippen LogP contribution is -2.45. The molecule has 1 aliphatic rings. The van der Waals surface area contributed by atoms with E-state index in [0.717, 1.165) is 16.7 Å². The Labute approximate surface area is 106 Å². The number of pyridine rings is 1. The lowest BCUT2D eigenvalue weighted by atomic mass is 9.78. The van der Waals surface area contributed by atoms with Crippen LogP contribution in [0.3, 0.4) is 0 Å². The second kappa shape index (κ2) is 4.10. The Bertz CT molecular complexity index is 582. The van der Waals surface area contributed by atoms with Crippen molar-refractivity contribution in [3.8, 4) is 0 Å². The first-order chi connectivity index (χ1) is 8.69. The fraction of sp³-hybridized carbons (Fsp3) is 0.267. The summed E-state index contributed by atoms with van der Waals surface area (Å²) in [7, 11) is 0. The van der Waals surface area contributed by atoms with Gasteiger partial charge in [-0.05, 0) is 30.0 Å². The van der Waals surface area contributed by atoms with Crippen LogP contribution in [0.2, 0.25) is 0 Å². The molecule has 0 bridgehead atoms. The number of aliphatic hydroxyl groups is 1. The van der Waals surface area contributed by atoms with Crippen LogP contribution in [0.15, 0.2) is 48.7 Å². The summed E-state index contributed by atoms with van der Waals surface area (Å²) in [5.41, 5.74) is 1.81. The monoisotopic (exact) mass is 241 g/mol. The second-order valence-corrected chi connectivity index (χ2v) is 4.89. The average molecular weight is 241 g/mol. The number of aromatic nitrogens is 1. The fourth-order valence-electron chi connectivity index (χ4n) is 2.73. The second-order valence-electron chi connectivity index (χ2n) is 4.89. The SMILES string of the molecule is [O-][n+]1ccccc1[C@]1(O)CCc2ccccc2C1. The van der Waals surface area contributed by atoms with Gasteiger partial charge in [-0.1, -0.05) is 24.3 Å². The van der Waals surface area contributed by atoms with Gasteiger partial charge < -0.3 is 10.3 Å². The number of fused-ring (bicyclic) bond motifs is 1. The molecular weight excluding hydrogens is 226 g/mol. The molecule has 2 aromatic rings. The van der Waals surface area contributed by atoms with Gasteiger partial charge in [0.15, 0.2) is 11.8 Å². The third kappa shape index (κ3) is 1.77. The summed E-state index contributed by atoms with van der Waals surface area (Å²) >= 11 is 0. The molecule has 0 amide bonds. The van der Waals surface area contributed by atoms with Gasteiger partial charge >= 0.3 is 0 Å². The van der Waals surface area contributed by atoms with Crippen LogP contribution < -0.4 is 4.73 Å². The van der Waals surface area contributed by atoms with E-state index >= 15 is 0 Å². The molecule has 1 N–H and O–H groups in total. The molecule has 0 saturated heterocycles. The first-order valence-electron chi connectivity index (χ1n) is 6.17. The van der Waals surface area contributed by atoms with Crippen molar-refractivity contribution in [3.05, 3.63) is 70.7 Å². The normalized spacial score (nSPS) is 22.5. The molecule has 92 valence electrons. The molecule has 3 heteroatoms. The van der Waals surface area contributed by atoms with Gasteiger partial charge in [-0.2, -0.15) is 4.73 Å². The minimum atomic E-state index is -1.04. The minimum absolute atomic E-state index is 0.444. The molecule has 3 nitrogen and oxygen atoms in total. The zero-order valence-electron chi connectivity index (χ0n) is 10.0. The van der Waals surface area contributed by atoms with Gasteiger partial charge in [0.05, 0.1) is 0 Å². The summed E-state index contributed by atoms with van der Waals surface area (Å²) in [6, 6.07) is 13.3. The Kier molecular flexibility index (Phi) is 2.56. The van der Waals surface area contributed by atoms with Gasteiger partial charge in [0.1, 0.15) is 0 Å². The van der Waals surface area contributed by atoms with E-state index in [2.05, 4.69) is 6.07 Å². The van der Waals surface area contributed by atoms with E-state index in [1.54, 1.807) is 18.2 Å². The predicted molar refractivity (Wildman–Crippen MR) is 67.8 cm³/mol. The highest BCUT2D eigenvalue weighted by Crippen LogP contribution is 2.34. The van der Waals surface area contributed by atoms with Crippen LogP contribution in [0.4, 0.5) is 0 Å². The van der Waals surface area contributed by atoms with E-state index in [1.165, 1.54) is 11.8 Å². The van der Waals surface area contributed by atoms with Gasteiger partial charge in [-0.25, -0.2) is 0 Å². The van der Waals surface area contributed by atoms with E-state index in [0.29, 0.717) is 18.5 Å². The Morgan fingerprint density at radius 3 is 2.56 bits per heavy atom. The van der Waals surface area contributed by atoms with Gasteiger partial charge in [0.25, 0.3) is 0 Å². The molecule has 3 rings (SSSR count). The first-order valence-corrected chi connectivity index (χ1v) is 6.17. The molecule has 0 unspecified atom stereocenters. The molecular formula is C15H15NO2. The molecule has 0 fully saturated rings. The van der Waals surface area contributed by atoms with Gasteiger partial charge in [-0.3, -0.25) is 0 Å². The summed E-state index contributed by atoms with van der Waals surface area (Å²) < 4.78 is 0.772. The van der Waals surface area contributed by atoms with Crippen LogP contribution in [0, 0.1) is 5.21 Å².